The number of nitrogens with one attached hydrogen (secondary N) is 2. The molecule has 1 aliphatic heterocycles. The second-order valence-corrected chi connectivity index (χ2v) is 7.03. The van der Waals surface area contributed by atoms with Gasteiger partial charge in [0, 0.05) is 54.1 Å². The van der Waals surface area contributed by atoms with Crippen molar-refractivity contribution in [3.63, 3.8) is 0 Å². The van der Waals surface area contributed by atoms with Gasteiger partial charge in [-0.05, 0) is 37.3 Å². The molecule has 0 aliphatic carbocycles. The van der Waals surface area contributed by atoms with Gasteiger partial charge in [-0.3, -0.25) is 4.79 Å². The van der Waals surface area contributed by atoms with E-state index in [2.05, 4.69) is 30.5 Å². The highest BCUT2D eigenvalue weighted by atomic mass is 16.5. The first kappa shape index (κ1) is 20.5. The van der Waals surface area contributed by atoms with E-state index in [4.69, 9.17) is 9.47 Å². The maximum absolute atomic E-state index is 12.4. The largest absolute Gasteiger partial charge is 0.481 e. The van der Waals surface area contributed by atoms with Gasteiger partial charge in [-0.2, -0.15) is 4.98 Å². The van der Waals surface area contributed by atoms with Crippen LogP contribution >= 0.6 is 0 Å². The SMILES string of the molecule is COc1cc(C(=O)Nc2ccc(Nc3nc(C)cc(N4CCOCC4)n3)cc2)ccn1. The molecule has 0 saturated carbocycles. The van der Waals surface area contributed by atoms with Crippen LogP contribution in [0.5, 0.6) is 5.88 Å². The maximum atomic E-state index is 12.4. The van der Waals surface area contributed by atoms with Crippen molar-refractivity contribution < 1.29 is 14.3 Å². The lowest BCUT2D eigenvalue weighted by molar-refractivity contribution is 0.102. The Morgan fingerprint density at radius 3 is 2.55 bits per heavy atom. The Morgan fingerprint density at radius 1 is 1.06 bits per heavy atom. The molecule has 9 heteroatoms. The molecule has 9 nitrogen and oxygen atoms in total. The minimum Gasteiger partial charge on any atom is -0.481 e. The number of methoxy groups -OCH3 is 1. The average molecular weight is 420 g/mol. The number of anilines is 4. The molecule has 0 bridgehead atoms. The summed E-state index contributed by atoms with van der Waals surface area (Å²) >= 11 is 0. The Bertz CT molecular complexity index is 1050. The molecule has 3 aromatic rings. The number of pyridine rings is 1. The molecule has 1 saturated heterocycles. The normalized spacial score (nSPS) is 13.5. The monoisotopic (exact) mass is 420 g/mol. The van der Waals surface area contributed by atoms with Gasteiger partial charge in [-0.25, -0.2) is 9.97 Å². The van der Waals surface area contributed by atoms with Crippen LogP contribution in [0.1, 0.15) is 16.1 Å². The summed E-state index contributed by atoms with van der Waals surface area (Å²) in [7, 11) is 1.51. The Balaban J connectivity index is 1.42. The molecule has 160 valence electrons. The lowest BCUT2D eigenvalue weighted by Crippen LogP contribution is -2.36. The zero-order valence-electron chi connectivity index (χ0n) is 17.5. The van der Waals surface area contributed by atoms with E-state index in [1.54, 1.807) is 12.1 Å². The Labute approximate surface area is 180 Å². The van der Waals surface area contributed by atoms with Crippen molar-refractivity contribution >= 4 is 29.0 Å². The van der Waals surface area contributed by atoms with Crippen LogP contribution in [0.25, 0.3) is 0 Å². The van der Waals surface area contributed by atoms with E-state index in [1.165, 1.54) is 13.3 Å². The van der Waals surface area contributed by atoms with Gasteiger partial charge < -0.3 is 25.0 Å². The first-order valence-electron chi connectivity index (χ1n) is 9.97. The number of nitrogens with zero attached hydrogens (tertiary/aromatic N) is 4. The minimum atomic E-state index is -0.237. The van der Waals surface area contributed by atoms with E-state index >= 15 is 0 Å². The number of morpholine rings is 1. The molecule has 1 aliphatic rings. The summed E-state index contributed by atoms with van der Waals surface area (Å²) in [6.45, 7) is 4.97. The summed E-state index contributed by atoms with van der Waals surface area (Å²) in [4.78, 5) is 27.8. The molecule has 4 rings (SSSR count). The summed E-state index contributed by atoms with van der Waals surface area (Å²) in [5, 5.41) is 6.10. The van der Waals surface area contributed by atoms with Gasteiger partial charge in [-0.15, -0.1) is 0 Å². The van der Waals surface area contributed by atoms with Crippen molar-refractivity contribution in [2.24, 2.45) is 0 Å². The molecular weight excluding hydrogens is 396 g/mol. The number of carbonyl (C=O) groups is 1. The van der Waals surface area contributed by atoms with E-state index in [9.17, 15) is 4.79 Å². The van der Waals surface area contributed by atoms with Gasteiger partial charge in [0.1, 0.15) is 5.82 Å². The molecule has 2 aromatic heterocycles. The Hall–Kier alpha value is -3.72. The van der Waals surface area contributed by atoms with Crippen molar-refractivity contribution in [1.82, 2.24) is 15.0 Å². The van der Waals surface area contributed by atoms with Crippen LogP contribution < -0.4 is 20.3 Å². The number of benzene rings is 1. The molecule has 0 spiro atoms. The zero-order chi connectivity index (χ0) is 21.6. The third-order valence-corrected chi connectivity index (χ3v) is 4.78. The quantitative estimate of drug-likeness (QED) is 0.628. The highest BCUT2D eigenvalue weighted by molar-refractivity contribution is 6.04. The van der Waals surface area contributed by atoms with Crippen LogP contribution in [-0.2, 0) is 4.74 Å². The Morgan fingerprint density at radius 2 is 1.81 bits per heavy atom. The van der Waals surface area contributed by atoms with Gasteiger partial charge in [0.15, 0.2) is 0 Å². The van der Waals surface area contributed by atoms with Gasteiger partial charge >= 0.3 is 0 Å². The van der Waals surface area contributed by atoms with Crippen molar-refractivity contribution in [2.75, 3.05) is 48.9 Å². The number of aryl methyl sites for hydroxylation is 1. The van der Waals surface area contributed by atoms with E-state index in [-0.39, 0.29) is 5.91 Å². The predicted octanol–water partition coefficient (Wildman–Crippen LogP) is 3.02. The Kier molecular flexibility index (Phi) is 6.23. The van der Waals surface area contributed by atoms with Gasteiger partial charge in [0.25, 0.3) is 5.91 Å². The molecule has 0 radical (unpaired) electrons. The van der Waals surface area contributed by atoms with Gasteiger partial charge in [0.2, 0.25) is 11.8 Å². The fraction of sp³-hybridized carbons (Fsp3) is 0.273. The average Bonchev–Trinajstić information content (AvgIpc) is 2.80. The highest BCUT2D eigenvalue weighted by Crippen LogP contribution is 2.21. The molecule has 1 fully saturated rings. The number of amides is 1. The number of ether oxygens (including phenoxy) is 2. The van der Waals surface area contributed by atoms with E-state index < -0.39 is 0 Å². The van der Waals surface area contributed by atoms with Gasteiger partial charge in [-0.1, -0.05) is 0 Å². The molecule has 0 unspecified atom stereocenters. The molecule has 2 N–H and O–H groups in total. The van der Waals surface area contributed by atoms with Crippen LogP contribution in [0.2, 0.25) is 0 Å². The van der Waals surface area contributed by atoms with Crippen molar-refractivity contribution in [2.45, 2.75) is 6.92 Å². The number of rotatable bonds is 6. The smallest absolute Gasteiger partial charge is 0.255 e. The summed E-state index contributed by atoms with van der Waals surface area (Å²) in [5.41, 5.74) is 2.85. The van der Waals surface area contributed by atoms with Crippen molar-refractivity contribution in [3.8, 4) is 5.88 Å². The first-order valence-corrected chi connectivity index (χ1v) is 9.97. The van der Waals surface area contributed by atoms with E-state index in [0.29, 0.717) is 36.3 Å². The second kappa shape index (κ2) is 9.40. The highest BCUT2D eigenvalue weighted by Gasteiger charge is 2.14. The summed E-state index contributed by atoms with van der Waals surface area (Å²) in [5.74, 6) is 1.57. The van der Waals surface area contributed by atoms with E-state index in [0.717, 1.165) is 30.3 Å². The molecule has 1 aromatic carbocycles. The predicted molar refractivity (Wildman–Crippen MR) is 118 cm³/mol. The number of carbonyl (C=O) groups excluding carboxylic acids is 1. The molecule has 31 heavy (non-hydrogen) atoms. The van der Waals surface area contributed by atoms with Crippen LogP contribution in [0.4, 0.5) is 23.1 Å². The molecule has 3 heterocycles. The standard InChI is InChI=1S/C22H24N6O3/c1-15-13-19(28-9-11-31-12-10-28)27-22(24-15)26-18-5-3-17(4-6-18)25-21(29)16-7-8-23-20(14-16)30-2/h3-8,13-14H,9-12H2,1-2H3,(H,25,29)(H,24,26,27). The molecule has 1 amide bonds. The lowest BCUT2D eigenvalue weighted by Gasteiger charge is -2.28. The number of hydrogen-bond acceptors (Lipinski definition) is 8. The topological polar surface area (TPSA) is 102 Å². The van der Waals surface area contributed by atoms with Crippen molar-refractivity contribution in [3.05, 3.63) is 59.9 Å². The van der Waals surface area contributed by atoms with Crippen molar-refractivity contribution in [1.29, 1.82) is 0 Å². The van der Waals surface area contributed by atoms with Crippen LogP contribution in [0.15, 0.2) is 48.7 Å². The third kappa shape index (κ3) is 5.26. The lowest BCUT2D eigenvalue weighted by atomic mass is 10.2. The molecule has 0 atom stereocenters. The number of hydrogen-bond donors (Lipinski definition) is 2. The first-order chi connectivity index (χ1) is 15.1. The summed E-state index contributed by atoms with van der Waals surface area (Å²) in [6.07, 6.45) is 1.54. The fourth-order valence-electron chi connectivity index (χ4n) is 3.19. The summed E-state index contributed by atoms with van der Waals surface area (Å²) < 4.78 is 10.5. The fourth-order valence-corrected chi connectivity index (χ4v) is 3.19. The minimum absolute atomic E-state index is 0.237. The zero-order valence-corrected chi connectivity index (χ0v) is 17.5. The number of aromatic nitrogens is 3. The van der Waals surface area contributed by atoms with E-state index in [1.807, 2.05) is 37.3 Å². The van der Waals surface area contributed by atoms with Crippen LogP contribution in [0, 0.1) is 6.92 Å². The third-order valence-electron chi connectivity index (χ3n) is 4.78. The summed E-state index contributed by atoms with van der Waals surface area (Å²) in [6, 6.07) is 12.6. The molecular formula is C22H24N6O3. The second-order valence-electron chi connectivity index (χ2n) is 7.03. The van der Waals surface area contributed by atoms with Gasteiger partial charge in [0.05, 0.1) is 20.3 Å². The maximum Gasteiger partial charge on any atom is 0.255 e. The van der Waals surface area contributed by atoms with Crippen LogP contribution in [0.3, 0.4) is 0 Å². The van der Waals surface area contributed by atoms with Crippen LogP contribution in [-0.4, -0.2) is 54.3 Å².